The lowest BCUT2D eigenvalue weighted by atomic mass is 9.83. The first kappa shape index (κ1) is 11.2. The van der Waals surface area contributed by atoms with Crippen molar-refractivity contribution in [1.29, 1.82) is 0 Å². The summed E-state index contributed by atoms with van der Waals surface area (Å²) < 4.78 is 4.95. The van der Waals surface area contributed by atoms with Crippen molar-refractivity contribution in [2.45, 2.75) is 32.7 Å². The summed E-state index contributed by atoms with van der Waals surface area (Å²) in [4.78, 5) is 11.4. The summed E-state index contributed by atoms with van der Waals surface area (Å²) in [6, 6.07) is 0.476. The molecule has 3 heteroatoms. The number of fused-ring (bicyclic) bond motifs is 1. The maximum Gasteiger partial charge on any atom is 0.311 e. The van der Waals surface area contributed by atoms with Crippen LogP contribution < -0.4 is 5.32 Å². The Morgan fingerprint density at radius 1 is 1.62 bits per heavy atom. The number of hydrogen-bond donors (Lipinski definition) is 1. The van der Waals surface area contributed by atoms with Gasteiger partial charge >= 0.3 is 5.97 Å². The van der Waals surface area contributed by atoms with E-state index in [9.17, 15) is 4.79 Å². The molecule has 0 aromatic rings. The molecule has 0 saturated carbocycles. The van der Waals surface area contributed by atoms with Gasteiger partial charge < -0.3 is 10.1 Å². The third-order valence-corrected chi connectivity index (χ3v) is 3.31. The number of nitrogens with one attached hydrogen (secondary N) is 1. The Morgan fingerprint density at radius 2 is 2.44 bits per heavy atom. The van der Waals surface area contributed by atoms with Gasteiger partial charge in [0.1, 0.15) is 0 Å². The number of esters is 1. The van der Waals surface area contributed by atoms with E-state index in [0.717, 1.165) is 12.1 Å². The summed E-state index contributed by atoms with van der Waals surface area (Å²) in [5.41, 5.74) is 1.03. The molecule has 16 heavy (non-hydrogen) atoms. The molecular weight excluding hydrogens is 202 g/mol. The van der Waals surface area contributed by atoms with Crippen LogP contribution in [0.2, 0.25) is 0 Å². The first-order chi connectivity index (χ1) is 7.70. The predicted octanol–water partition coefficient (Wildman–Crippen LogP) is 2.01. The zero-order valence-electron chi connectivity index (χ0n) is 9.90. The SMILES string of the molecule is CCOC(=O)CC1=CC2C(C)C=CCC2N1. The molecule has 0 aromatic heterocycles. The van der Waals surface area contributed by atoms with Crippen LogP contribution in [0.3, 0.4) is 0 Å². The summed E-state index contributed by atoms with van der Waals surface area (Å²) in [5, 5.41) is 3.42. The fourth-order valence-electron chi connectivity index (χ4n) is 2.51. The first-order valence-electron chi connectivity index (χ1n) is 6.00. The molecule has 0 aromatic carbocycles. The minimum absolute atomic E-state index is 0.138. The number of hydrogen-bond acceptors (Lipinski definition) is 3. The van der Waals surface area contributed by atoms with Crippen molar-refractivity contribution >= 4 is 5.97 Å². The van der Waals surface area contributed by atoms with E-state index >= 15 is 0 Å². The minimum Gasteiger partial charge on any atom is -0.466 e. The van der Waals surface area contributed by atoms with Gasteiger partial charge in [0.2, 0.25) is 0 Å². The van der Waals surface area contributed by atoms with Gasteiger partial charge in [-0.25, -0.2) is 0 Å². The molecule has 1 N–H and O–H groups in total. The molecule has 0 saturated heterocycles. The molecule has 2 aliphatic rings. The third-order valence-electron chi connectivity index (χ3n) is 3.31. The van der Waals surface area contributed by atoms with Crippen LogP contribution in [-0.4, -0.2) is 18.6 Å². The third kappa shape index (κ3) is 2.29. The smallest absolute Gasteiger partial charge is 0.311 e. The van der Waals surface area contributed by atoms with Gasteiger partial charge in [0.15, 0.2) is 0 Å². The zero-order chi connectivity index (χ0) is 11.5. The highest BCUT2D eigenvalue weighted by Gasteiger charge is 2.32. The monoisotopic (exact) mass is 221 g/mol. The van der Waals surface area contributed by atoms with Gasteiger partial charge in [-0.2, -0.15) is 0 Å². The molecule has 0 radical (unpaired) electrons. The predicted molar refractivity (Wildman–Crippen MR) is 62.7 cm³/mol. The van der Waals surface area contributed by atoms with Crippen molar-refractivity contribution in [3.05, 3.63) is 23.9 Å². The quantitative estimate of drug-likeness (QED) is 0.585. The molecular formula is C13H19NO2. The molecule has 0 spiro atoms. The Morgan fingerprint density at radius 3 is 3.12 bits per heavy atom. The second-order valence-electron chi connectivity index (χ2n) is 4.52. The molecule has 1 aliphatic heterocycles. The van der Waals surface area contributed by atoms with Crippen LogP contribution in [0.15, 0.2) is 23.9 Å². The molecule has 0 bridgehead atoms. The van der Waals surface area contributed by atoms with E-state index in [-0.39, 0.29) is 5.97 Å². The lowest BCUT2D eigenvalue weighted by molar-refractivity contribution is -0.142. The van der Waals surface area contributed by atoms with E-state index in [1.54, 1.807) is 0 Å². The average Bonchev–Trinajstić information content (AvgIpc) is 2.62. The van der Waals surface area contributed by atoms with Crippen LogP contribution in [0.5, 0.6) is 0 Å². The van der Waals surface area contributed by atoms with Crippen LogP contribution in [0, 0.1) is 11.8 Å². The fourth-order valence-corrected chi connectivity index (χ4v) is 2.51. The molecule has 3 unspecified atom stereocenters. The topological polar surface area (TPSA) is 38.3 Å². The van der Waals surface area contributed by atoms with Crippen molar-refractivity contribution in [3.8, 4) is 0 Å². The fraction of sp³-hybridized carbons (Fsp3) is 0.615. The van der Waals surface area contributed by atoms with E-state index in [2.05, 4.69) is 30.5 Å². The second-order valence-corrected chi connectivity index (χ2v) is 4.52. The van der Waals surface area contributed by atoms with Crippen molar-refractivity contribution in [1.82, 2.24) is 5.32 Å². The Bertz CT molecular complexity index is 333. The molecule has 0 amide bonds. The molecule has 3 nitrogen and oxygen atoms in total. The van der Waals surface area contributed by atoms with E-state index in [0.29, 0.717) is 30.9 Å². The first-order valence-corrected chi connectivity index (χ1v) is 6.00. The minimum atomic E-state index is -0.138. The Balaban J connectivity index is 1.95. The molecule has 1 heterocycles. The second kappa shape index (κ2) is 4.73. The summed E-state index contributed by atoms with van der Waals surface area (Å²) in [6.07, 6.45) is 8.12. The molecule has 1 aliphatic carbocycles. The van der Waals surface area contributed by atoms with Gasteiger partial charge in [-0.05, 0) is 19.3 Å². The number of ether oxygens (including phenoxy) is 1. The highest BCUT2D eigenvalue weighted by Crippen LogP contribution is 2.32. The van der Waals surface area contributed by atoms with Gasteiger partial charge in [-0.1, -0.05) is 25.2 Å². The number of carbonyl (C=O) groups excluding carboxylic acids is 1. The van der Waals surface area contributed by atoms with Gasteiger partial charge in [-0.15, -0.1) is 0 Å². The van der Waals surface area contributed by atoms with Crippen molar-refractivity contribution in [3.63, 3.8) is 0 Å². The highest BCUT2D eigenvalue weighted by molar-refractivity contribution is 5.72. The standard InChI is InChI=1S/C13H19NO2/c1-3-16-13(15)8-10-7-11-9(2)5-4-6-12(11)14-10/h4-5,7,9,11-12,14H,3,6,8H2,1-2H3. The molecule has 2 rings (SSSR count). The normalized spacial score (nSPS) is 31.6. The van der Waals surface area contributed by atoms with Crippen LogP contribution >= 0.6 is 0 Å². The largest absolute Gasteiger partial charge is 0.466 e. The Labute approximate surface area is 96.6 Å². The number of rotatable bonds is 3. The van der Waals surface area contributed by atoms with E-state index in [1.807, 2.05) is 6.92 Å². The van der Waals surface area contributed by atoms with Crippen LogP contribution in [-0.2, 0) is 9.53 Å². The van der Waals surface area contributed by atoms with Crippen molar-refractivity contribution < 1.29 is 9.53 Å². The maximum absolute atomic E-state index is 11.4. The van der Waals surface area contributed by atoms with Crippen molar-refractivity contribution in [2.24, 2.45) is 11.8 Å². The zero-order valence-corrected chi connectivity index (χ0v) is 9.90. The maximum atomic E-state index is 11.4. The van der Waals surface area contributed by atoms with Gasteiger partial charge in [0.25, 0.3) is 0 Å². The van der Waals surface area contributed by atoms with Gasteiger partial charge in [-0.3, -0.25) is 4.79 Å². The van der Waals surface area contributed by atoms with Crippen LogP contribution in [0.1, 0.15) is 26.7 Å². The Hall–Kier alpha value is -1.25. The molecule has 3 atom stereocenters. The van der Waals surface area contributed by atoms with Gasteiger partial charge in [0, 0.05) is 17.7 Å². The van der Waals surface area contributed by atoms with E-state index in [4.69, 9.17) is 4.74 Å². The van der Waals surface area contributed by atoms with E-state index < -0.39 is 0 Å². The average molecular weight is 221 g/mol. The van der Waals surface area contributed by atoms with Crippen molar-refractivity contribution in [2.75, 3.05) is 6.61 Å². The lowest BCUT2D eigenvalue weighted by Gasteiger charge is -2.26. The Kier molecular flexibility index (Phi) is 3.32. The molecule has 88 valence electrons. The van der Waals surface area contributed by atoms with Gasteiger partial charge in [0.05, 0.1) is 13.0 Å². The lowest BCUT2D eigenvalue weighted by Crippen LogP contribution is -2.33. The summed E-state index contributed by atoms with van der Waals surface area (Å²) >= 11 is 0. The summed E-state index contributed by atoms with van der Waals surface area (Å²) in [6.45, 7) is 4.51. The van der Waals surface area contributed by atoms with Crippen LogP contribution in [0.25, 0.3) is 0 Å². The number of carbonyl (C=O) groups is 1. The summed E-state index contributed by atoms with van der Waals surface area (Å²) in [7, 11) is 0. The summed E-state index contributed by atoms with van der Waals surface area (Å²) in [5.74, 6) is 0.959. The number of allylic oxidation sites excluding steroid dienone is 1. The van der Waals surface area contributed by atoms with Crippen LogP contribution in [0.4, 0.5) is 0 Å². The molecule has 0 fully saturated rings. The highest BCUT2D eigenvalue weighted by atomic mass is 16.5. The van der Waals surface area contributed by atoms with E-state index in [1.165, 1.54) is 0 Å².